The van der Waals surface area contributed by atoms with Crippen molar-refractivity contribution in [1.82, 2.24) is 5.32 Å². The number of nitrogens with one attached hydrogen (secondary N) is 2. The lowest BCUT2D eigenvalue weighted by Gasteiger charge is -2.07. The second kappa shape index (κ2) is 6.50. The minimum atomic E-state index is 0. The largest absolute Gasteiger partial charge is 0.376 e. The van der Waals surface area contributed by atoms with Crippen molar-refractivity contribution >= 4 is 24.0 Å². The molecule has 1 aromatic rings. The first-order chi connectivity index (χ1) is 7.75. The van der Waals surface area contributed by atoms with E-state index in [9.17, 15) is 4.79 Å². The van der Waals surface area contributed by atoms with Gasteiger partial charge in [0.15, 0.2) is 0 Å². The molecule has 1 aliphatic rings. The molecule has 2 atom stereocenters. The third-order valence-corrected chi connectivity index (χ3v) is 3.06. The smallest absolute Gasteiger partial charge is 0.239 e. The number of hydrogen-bond acceptors (Lipinski definition) is 2. The van der Waals surface area contributed by atoms with E-state index in [0.29, 0.717) is 12.5 Å². The number of benzene rings is 1. The highest BCUT2D eigenvalue weighted by Gasteiger charge is 2.32. The Morgan fingerprint density at radius 3 is 2.59 bits per heavy atom. The van der Waals surface area contributed by atoms with Crippen LogP contribution in [0.1, 0.15) is 13.3 Å². The zero-order valence-electron chi connectivity index (χ0n) is 9.98. The summed E-state index contributed by atoms with van der Waals surface area (Å²) in [5, 5.41) is 6.03. The van der Waals surface area contributed by atoms with Crippen molar-refractivity contribution in [3.8, 4) is 0 Å². The highest BCUT2D eigenvalue weighted by Crippen LogP contribution is 2.36. The highest BCUT2D eigenvalue weighted by molar-refractivity contribution is 5.85. The van der Waals surface area contributed by atoms with Gasteiger partial charge in [0.25, 0.3) is 0 Å². The first kappa shape index (κ1) is 13.8. The molecule has 0 radical (unpaired) electrons. The van der Waals surface area contributed by atoms with Crippen LogP contribution in [0.25, 0.3) is 0 Å². The molecule has 1 amide bonds. The molecular weight excluding hydrogens is 236 g/mol. The van der Waals surface area contributed by atoms with Crippen LogP contribution < -0.4 is 10.6 Å². The topological polar surface area (TPSA) is 41.1 Å². The maximum atomic E-state index is 11.5. The predicted molar refractivity (Wildman–Crippen MR) is 72.5 cm³/mol. The standard InChI is InChI=1S/C13H18N2O.ClH/c1-10-7-11(10)8-15-13(16)9-14-12-5-3-2-4-6-12;/h2-6,10-11,14H,7-9H2,1H3,(H,15,16);1H. The van der Waals surface area contributed by atoms with Gasteiger partial charge in [0.2, 0.25) is 5.91 Å². The van der Waals surface area contributed by atoms with E-state index >= 15 is 0 Å². The molecule has 0 heterocycles. The van der Waals surface area contributed by atoms with Crippen molar-refractivity contribution in [2.45, 2.75) is 13.3 Å². The van der Waals surface area contributed by atoms with Crippen molar-refractivity contribution in [3.63, 3.8) is 0 Å². The Morgan fingerprint density at radius 2 is 2.00 bits per heavy atom. The van der Waals surface area contributed by atoms with E-state index in [2.05, 4.69) is 17.6 Å². The van der Waals surface area contributed by atoms with Gasteiger partial charge in [-0.1, -0.05) is 25.1 Å². The van der Waals surface area contributed by atoms with Gasteiger partial charge in [0.05, 0.1) is 6.54 Å². The van der Waals surface area contributed by atoms with Gasteiger partial charge in [-0.15, -0.1) is 12.4 Å². The van der Waals surface area contributed by atoms with E-state index in [-0.39, 0.29) is 18.3 Å². The Labute approximate surface area is 108 Å². The minimum Gasteiger partial charge on any atom is -0.376 e. The van der Waals surface area contributed by atoms with Crippen molar-refractivity contribution in [2.75, 3.05) is 18.4 Å². The fourth-order valence-electron chi connectivity index (χ4n) is 1.73. The monoisotopic (exact) mass is 254 g/mol. The molecule has 0 aliphatic heterocycles. The van der Waals surface area contributed by atoms with Gasteiger partial charge < -0.3 is 10.6 Å². The zero-order valence-corrected chi connectivity index (χ0v) is 10.8. The molecule has 4 heteroatoms. The van der Waals surface area contributed by atoms with Gasteiger partial charge in [0.1, 0.15) is 0 Å². The van der Waals surface area contributed by atoms with Gasteiger partial charge in [-0.25, -0.2) is 0 Å². The molecule has 1 aliphatic carbocycles. The van der Waals surface area contributed by atoms with Gasteiger partial charge >= 0.3 is 0 Å². The quantitative estimate of drug-likeness (QED) is 0.847. The average Bonchev–Trinajstić information content (AvgIpc) is 3.01. The summed E-state index contributed by atoms with van der Waals surface area (Å²) in [6.07, 6.45) is 1.26. The molecule has 1 saturated carbocycles. The Balaban J connectivity index is 0.00000144. The molecule has 0 saturated heterocycles. The highest BCUT2D eigenvalue weighted by atomic mass is 35.5. The second-order valence-corrected chi connectivity index (χ2v) is 4.50. The summed E-state index contributed by atoms with van der Waals surface area (Å²) in [4.78, 5) is 11.5. The fourth-order valence-corrected chi connectivity index (χ4v) is 1.73. The van der Waals surface area contributed by atoms with Gasteiger partial charge in [0, 0.05) is 12.2 Å². The summed E-state index contributed by atoms with van der Waals surface area (Å²) in [6.45, 7) is 3.40. The molecule has 2 N–H and O–H groups in total. The fraction of sp³-hybridized carbons (Fsp3) is 0.462. The van der Waals surface area contributed by atoms with E-state index in [0.717, 1.165) is 18.2 Å². The SMILES string of the molecule is CC1CC1CNC(=O)CNc1ccccc1.Cl. The van der Waals surface area contributed by atoms with Crippen molar-refractivity contribution in [3.05, 3.63) is 30.3 Å². The van der Waals surface area contributed by atoms with E-state index in [1.165, 1.54) is 6.42 Å². The van der Waals surface area contributed by atoms with Crippen LogP contribution in [0.15, 0.2) is 30.3 Å². The normalized spacial score (nSPS) is 21.2. The molecule has 2 unspecified atom stereocenters. The lowest BCUT2D eigenvalue weighted by atomic mass is 10.3. The van der Waals surface area contributed by atoms with E-state index in [1.54, 1.807) is 0 Å². The number of amides is 1. The lowest BCUT2D eigenvalue weighted by molar-refractivity contribution is -0.119. The number of rotatable bonds is 5. The van der Waals surface area contributed by atoms with Crippen LogP contribution in [0.3, 0.4) is 0 Å². The number of para-hydroxylation sites is 1. The van der Waals surface area contributed by atoms with Crippen LogP contribution in [0.4, 0.5) is 5.69 Å². The molecule has 0 spiro atoms. The van der Waals surface area contributed by atoms with Crippen LogP contribution in [0.2, 0.25) is 0 Å². The molecule has 0 aromatic heterocycles. The molecule has 0 bridgehead atoms. The second-order valence-electron chi connectivity index (χ2n) is 4.50. The van der Waals surface area contributed by atoms with Crippen LogP contribution in [-0.2, 0) is 4.79 Å². The van der Waals surface area contributed by atoms with Crippen molar-refractivity contribution in [2.24, 2.45) is 11.8 Å². The third-order valence-electron chi connectivity index (χ3n) is 3.06. The summed E-state index contributed by atoms with van der Waals surface area (Å²) in [6, 6.07) is 9.77. The molecule has 17 heavy (non-hydrogen) atoms. The van der Waals surface area contributed by atoms with E-state index < -0.39 is 0 Å². The molecule has 1 aromatic carbocycles. The Kier molecular flexibility index (Phi) is 5.29. The van der Waals surface area contributed by atoms with Gasteiger partial charge in [-0.2, -0.15) is 0 Å². The maximum Gasteiger partial charge on any atom is 0.239 e. The summed E-state index contributed by atoms with van der Waals surface area (Å²) >= 11 is 0. The molecule has 1 fully saturated rings. The molecular formula is C13H19ClN2O. The summed E-state index contributed by atoms with van der Waals surface area (Å²) in [5.41, 5.74) is 0.984. The van der Waals surface area contributed by atoms with Crippen LogP contribution in [-0.4, -0.2) is 19.0 Å². The number of anilines is 1. The van der Waals surface area contributed by atoms with E-state index in [1.807, 2.05) is 30.3 Å². The Hall–Kier alpha value is -1.22. The lowest BCUT2D eigenvalue weighted by Crippen LogP contribution is -2.31. The van der Waals surface area contributed by atoms with Crippen LogP contribution in [0, 0.1) is 11.8 Å². The zero-order chi connectivity index (χ0) is 11.4. The molecule has 2 rings (SSSR count). The Morgan fingerprint density at radius 1 is 1.35 bits per heavy atom. The average molecular weight is 255 g/mol. The first-order valence-electron chi connectivity index (χ1n) is 5.81. The number of carbonyl (C=O) groups is 1. The summed E-state index contributed by atoms with van der Waals surface area (Å²) in [5.74, 6) is 1.58. The van der Waals surface area contributed by atoms with Crippen molar-refractivity contribution < 1.29 is 4.79 Å². The first-order valence-corrected chi connectivity index (χ1v) is 5.81. The van der Waals surface area contributed by atoms with Crippen LogP contribution >= 0.6 is 12.4 Å². The maximum absolute atomic E-state index is 11.5. The minimum absolute atomic E-state index is 0. The number of halogens is 1. The summed E-state index contributed by atoms with van der Waals surface area (Å²) in [7, 11) is 0. The van der Waals surface area contributed by atoms with Gasteiger partial charge in [-0.05, 0) is 30.4 Å². The predicted octanol–water partition coefficient (Wildman–Crippen LogP) is 2.29. The Bertz CT molecular complexity index is 356. The van der Waals surface area contributed by atoms with Gasteiger partial charge in [-0.3, -0.25) is 4.79 Å². The summed E-state index contributed by atoms with van der Waals surface area (Å²) < 4.78 is 0. The number of hydrogen-bond donors (Lipinski definition) is 2. The molecule has 3 nitrogen and oxygen atoms in total. The van der Waals surface area contributed by atoms with Crippen LogP contribution in [0.5, 0.6) is 0 Å². The van der Waals surface area contributed by atoms with Crippen molar-refractivity contribution in [1.29, 1.82) is 0 Å². The van der Waals surface area contributed by atoms with E-state index in [4.69, 9.17) is 0 Å². The number of carbonyl (C=O) groups excluding carboxylic acids is 1. The third kappa shape index (κ3) is 4.65. The molecule has 94 valence electrons.